The van der Waals surface area contributed by atoms with Crippen LogP contribution in [0.2, 0.25) is 0 Å². The fraction of sp³-hybridized carbons (Fsp3) is 0.158. The van der Waals surface area contributed by atoms with Crippen molar-refractivity contribution in [3.05, 3.63) is 71.8 Å². The Morgan fingerprint density at radius 2 is 1.18 bits per heavy atom. The van der Waals surface area contributed by atoms with E-state index in [0.717, 1.165) is 0 Å². The van der Waals surface area contributed by atoms with Gasteiger partial charge in [0.15, 0.2) is 0 Å². The van der Waals surface area contributed by atoms with Gasteiger partial charge in [-0.3, -0.25) is 4.79 Å². The van der Waals surface area contributed by atoms with Crippen LogP contribution in [0.4, 0.5) is 0 Å². The SMILES string of the molecule is N[C@@H](CCC(=O)OC(=O)c1ccccc1)C(=O)OC(=O)c1ccccc1.[NaH].[NaH]. The van der Waals surface area contributed by atoms with Gasteiger partial charge in [-0.05, 0) is 30.7 Å². The van der Waals surface area contributed by atoms with Gasteiger partial charge in [0.1, 0.15) is 6.04 Å². The standard InChI is InChI=1S/C19H17NO6.2Na.2H/c20-15(19(24)26-18(23)14-9-5-2-6-10-14)11-12-16(21)25-17(22)13-7-3-1-4-8-13;;;;/h1-10,15H,11-12,20H2;;;;/t15-;;;;/m0..../s1. The molecule has 0 saturated heterocycles. The molecule has 0 amide bonds. The van der Waals surface area contributed by atoms with E-state index in [1.165, 1.54) is 24.3 Å². The van der Waals surface area contributed by atoms with E-state index in [9.17, 15) is 19.2 Å². The van der Waals surface area contributed by atoms with Gasteiger partial charge in [-0.1, -0.05) is 36.4 Å². The molecule has 0 bridgehead atoms. The van der Waals surface area contributed by atoms with E-state index in [0.29, 0.717) is 0 Å². The van der Waals surface area contributed by atoms with Crippen LogP contribution >= 0.6 is 0 Å². The number of rotatable bonds is 6. The van der Waals surface area contributed by atoms with E-state index in [-0.39, 0.29) is 83.1 Å². The van der Waals surface area contributed by atoms with Crippen molar-refractivity contribution in [2.75, 3.05) is 0 Å². The Morgan fingerprint density at radius 1 is 0.750 bits per heavy atom. The second-order valence-corrected chi connectivity index (χ2v) is 5.35. The Bertz CT molecular complexity index is 799. The van der Waals surface area contributed by atoms with Crippen LogP contribution in [-0.4, -0.2) is 89.0 Å². The first kappa shape index (κ1) is 26.7. The maximum absolute atomic E-state index is 11.8. The summed E-state index contributed by atoms with van der Waals surface area (Å²) < 4.78 is 9.32. The van der Waals surface area contributed by atoms with Crippen LogP contribution in [-0.2, 0) is 19.1 Å². The average Bonchev–Trinajstić information content (AvgIpc) is 2.67. The Hall–Kier alpha value is -1.32. The third-order valence-corrected chi connectivity index (χ3v) is 3.38. The number of esters is 4. The molecule has 7 nitrogen and oxygen atoms in total. The van der Waals surface area contributed by atoms with Gasteiger partial charge in [0.05, 0.1) is 11.1 Å². The van der Waals surface area contributed by atoms with Crippen molar-refractivity contribution in [2.45, 2.75) is 18.9 Å². The third-order valence-electron chi connectivity index (χ3n) is 3.38. The zero-order chi connectivity index (χ0) is 18.9. The van der Waals surface area contributed by atoms with Gasteiger partial charge in [0.2, 0.25) is 0 Å². The number of carbonyl (C=O) groups excluding carboxylic acids is 4. The molecule has 0 aromatic heterocycles. The van der Waals surface area contributed by atoms with Gasteiger partial charge < -0.3 is 15.2 Å². The molecule has 138 valence electrons. The summed E-state index contributed by atoms with van der Waals surface area (Å²) in [4.78, 5) is 47.0. The molecule has 0 fully saturated rings. The molecule has 0 radical (unpaired) electrons. The Labute approximate surface area is 206 Å². The van der Waals surface area contributed by atoms with Crippen molar-refractivity contribution in [3.8, 4) is 0 Å². The molecular weight excluding hydrogens is 384 g/mol. The Morgan fingerprint density at radius 3 is 1.64 bits per heavy atom. The fourth-order valence-corrected chi connectivity index (χ4v) is 1.98. The predicted octanol–water partition coefficient (Wildman–Crippen LogP) is 0.564. The van der Waals surface area contributed by atoms with Crippen LogP contribution in [0.5, 0.6) is 0 Å². The minimum atomic E-state index is -1.19. The van der Waals surface area contributed by atoms with Crippen LogP contribution < -0.4 is 5.73 Å². The molecule has 0 aliphatic heterocycles. The van der Waals surface area contributed by atoms with E-state index in [4.69, 9.17) is 5.73 Å². The minimum absolute atomic E-state index is 0. The molecule has 0 saturated carbocycles. The average molecular weight is 403 g/mol. The van der Waals surface area contributed by atoms with Crippen LogP contribution in [0.15, 0.2) is 60.7 Å². The monoisotopic (exact) mass is 403 g/mol. The molecule has 0 aliphatic carbocycles. The zero-order valence-electron chi connectivity index (χ0n) is 13.8. The van der Waals surface area contributed by atoms with E-state index in [1.807, 2.05) is 0 Å². The summed E-state index contributed by atoms with van der Waals surface area (Å²) >= 11 is 0. The van der Waals surface area contributed by atoms with E-state index < -0.39 is 29.9 Å². The van der Waals surface area contributed by atoms with Crippen LogP contribution in [0.1, 0.15) is 33.6 Å². The van der Waals surface area contributed by atoms with Crippen molar-refractivity contribution in [2.24, 2.45) is 5.73 Å². The van der Waals surface area contributed by atoms with Crippen LogP contribution in [0.25, 0.3) is 0 Å². The van der Waals surface area contributed by atoms with Gasteiger partial charge in [-0.2, -0.15) is 0 Å². The second kappa shape index (κ2) is 13.8. The number of hydrogen-bond donors (Lipinski definition) is 1. The molecule has 9 heteroatoms. The molecule has 2 N–H and O–H groups in total. The van der Waals surface area contributed by atoms with Gasteiger partial charge in [0, 0.05) is 6.42 Å². The fourth-order valence-electron chi connectivity index (χ4n) is 1.98. The Balaban J connectivity index is 0.00000364. The van der Waals surface area contributed by atoms with E-state index in [2.05, 4.69) is 9.47 Å². The van der Waals surface area contributed by atoms with Crippen molar-refractivity contribution < 1.29 is 28.7 Å². The van der Waals surface area contributed by atoms with E-state index >= 15 is 0 Å². The van der Waals surface area contributed by atoms with Crippen molar-refractivity contribution >= 4 is 83.0 Å². The summed E-state index contributed by atoms with van der Waals surface area (Å²) in [5.74, 6) is -3.39. The molecule has 2 rings (SSSR count). The first-order valence-electron chi connectivity index (χ1n) is 7.84. The van der Waals surface area contributed by atoms with Gasteiger partial charge in [0.25, 0.3) is 0 Å². The molecule has 2 aromatic rings. The second-order valence-electron chi connectivity index (χ2n) is 5.35. The van der Waals surface area contributed by atoms with Gasteiger partial charge in [-0.15, -0.1) is 0 Å². The normalized spacial score (nSPS) is 10.5. The number of hydrogen-bond acceptors (Lipinski definition) is 7. The molecule has 0 unspecified atom stereocenters. The number of nitrogens with two attached hydrogens (primary N) is 1. The van der Waals surface area contributed by atoms with Crippen molar-refractivity contribution in [1.29, 1.82) is 0 Å². The summed E-state index contributed by atoms with van der Waals surface area (Å²) in [7, 11) is 0. The molecule has 2 aromatic carbocycles. The zero-order valence-corrected chi connectivity index (χ0v) is 13.8. The van der Waals surface area contributed by atoms with Gasteiger partial charge in [-0.25, -0.2) is 14.4 Å². The number of carbonyl (C=O) groups is 4. The Kier molecular flexibility index (Phi) is 13.1. The number of benzene rings is 2. The molecule has 0 spiro atoms. The maximum atomic E-state index is 11.8. The molecule has 28 heavy (non-hydrogen) atoms. The quantitative estimate of drug-likeness (QED) is 0.426. The number of ether oxygens (including phenoxy) is 2. The van der Waals surface area contributed by atoms with Crippen molar-refractivity contribution in [3.63, 3.8) is 0 Å². The van der Waals surface area contributed by atoms with E-state index in [1.54, 1.807) is 36.4 Å². The summed E-state index contributed by atoms with van der Waals surface area (Å²) in [6.07, 6.45) is -0.393. The summed E-state index contributed by atoms with van der Waals surface area (Å²) in [5, 5.41) is 0. The molecule has 0 aliphatic rings. The first-order chi connectivity index (χ1) is 12.5. The van der Waals surface area contributed by atoms with Crippen LogP contribution in [0, 0.1) is 0 Å². The molecule has 1 atom stereocenters. The third kappa shape index (κ3) is 8.79. The van der Waals surface area contributed by atoms with Gasteiger partial charge >= 0.3 is 83.0 Å². The van der Waals surface area contributed by atoms with Crippen LogP contribution in [0.3, 0.4) is 0 Å². The topological polar surface area (TPSA) is 113 Å². The first-order valence-corrected chi connectivity index (χ1v) is 7.84. The van der Waals surface area contributed by atoms with Crippen molar-refractivity contribution in [1.82, 2.24) is 0 Å². The molecular formula is C19H19NNa2O6. The summed E-state index contributed by atoms with van der Waals surface area (Å²) in [5.41, 5.74) is 6.06. The summed E-state index contributed by atoms with van der Waals surface area (Å²) in [6.45, 7) is 0. The molecule has 0 heterocycles. The predicted molar refractivity (Wildman–Crippen MR) is 105 cm³/mol. The summed E-state index contributed by atoms with van der Waals surface area (Å²) in [6, 6.07) is 14.8.